The highest BCUT2D eigenvalue weighted by atomic mass is 32.2. The Kier molecular flexibility index (Phi) is 6.70. The van der Waals surface area contributed by atoms with Crippen molar-refractivity contribution >= 4 is 51.9 Å². The zero-order valence-electron chi connectivity index (χ0n) is 13.4. The van der Waals surface area contributed by atoms with E-state index < -0.39 is 30.2 Å². The van der Waals surface area contributed by atoms with Crippen molar-refractivity contribution in [3.8, 4) is 0 Å². The molecular weight excluding hydrogens is 382 g/mol. The molecule has 10 heteroatoms. The first-order chi connectivity index (χ1) is 12.3. The molecule has 1 heterocycles. The molecule has 0 aromatic heterocycles. The number of thiocarbonyl (C=S) groups is 1. The minimum absolute atomic E-state index is 0.0744. The smallest absolute Gasteiger partial charge is 0.341 e. The maximum Gasteiger partial charge on any atom is 0.341 e. The third-order valence-electron chi connectivity index (χ3n) is 3.44. The summed E-state index contributed by atoms with van der Waals surface area (Å²) in [6.45, 7) is -0.445. The minimum atomic E-state index is -1.20. The van der Waals surface area contributed by atoms with Gasteiger partial charge < -0.3 is 14.9 Å². The Bertz CT molecular complexity index is 754. The van der Waals surface area contributed by atoms with Crippen LogP contribution in [0, 0.1) is 5.92 Å². The van der Waals surface area contributed by atoms with Gasteiger partial charge in [0.15, 0.2) is 12.4 Å². The second-order valence-corrected chi connectivity index (χ2v) is 7.02. The van der Waals surface area contributed by atoms with Crippen molar-refractivity contribution in [1.29, 1.82) is 0 Å². The number of allylic oxidation sites excluding steroid dienone is 5. The molecule has 1 saturated heterocycles. The van der Waals surface area contributed by atoms with Crippen LogP contribution in [0.1, 0.15) is 12.8 Å². The molecule has 138 valence electrons. The number of nitrogens with zero attached hydrogens (tertiary/aromatic N) is 1. The normalized spacial score (nSPS) is 21.3. The number of hydrogen-bond acceptors (Lipinski definition) is 7. The lowest BCUT2D eigenvalue weighted by molar-refractivity contribution is -0.141. The van der Waals surface area contributed by atoms with Gasteiger partial charge in [-0.2, -0.15) is 0 Å². The third kappa shape index (κ3) is 5.02. The van der Waals surface area contributed by atoms with Crippen LogP contribution in [-0.4, -0.2) is 56.2 Å². The summed E-state index contributed by atoms with van der Waals surface area (Å²) in [5.41, 5.74) is 0. The van der Waals surface area contributed by atoms with Gasteiger partial charge in [-0.15, -0.1) is 0 Å². The predicted octanol–water partition coefficient (Wildman–Crippen LogP) is 1.34. The topological polar surface area (TPSA) is 121 Å². The van der Waals surface area contributed by atoms with Gasteiger partial charge in [-0.1, -0.05) is 42.2 Å². The number of carboxylic acids is 2. The molecule has 2 aliphatic rings. The van der Waals surface area contributed by atoms with Gasteiger partial charge >= 0.3 is 11.9 Å². The number of hydrogen-bond donors (Lipinski definition) is 2. The maximum absolute atomic E-state index is 12.4. The van der Waals surface area contributed by atoms with Crippen LogP contribution in [0.15, 0.2) is 35.0 Å². The van der Waals surface area contributed by atoms with Crippen LogP contribution >= 0.6 is 24.0 Å². The van der Waals surface area contributed by atoms with E-state index in [2.05, 4.69) is 0 Å². The highest BCUT2D eigenvalue weighted by molar-refractivity contribution is 8.26. The van der Waals surface area contributed by atoms with Crippen molar-refractivity contribution in [2.45, 2.75) is 12.8 Å². The average molecular weight is 397 g/mol. The highest BCUT2D eigenvalue weighted by Crippen LogP contribution is 2.33. The molecule has 1 aliphatic heterocycles. The number of carbonyl (C=O) groups is 4. The zero-order chi connectivity index (χ0) is 19.3. The molecule has 2 N–H and O–H groups in total. The Morgan fingerprint density at radius 3 is 2.69 bits per heavy atom. The second kappa shape index (κ2) is 8.77. The number of rotatable bonds is 8. The summed E-state index contributed by atoms with van der Waals surface area (Å²) in [4.78, 5) is 47.4. The largest absolute Gasteiger partial charge is 0.481 e. The van der Waals surface area contributed by atoms with Crippen LogP contribution in [0.5, 0.6) is 0 Å². The van der Waals surface area contributed by atoms with Crippen molar-refractivity contribution < 1.29 is 34.1 Å². The number of amides is 1. The third-order valence-corrected chi connectivity index (χ3v) is 4.84. The van der Waals surface area contributed by atoms with Gasteiger partial charge in [0.1, 0.15) is 4.32 Å². The lowest BCUT2D eigenvalue weighted by Crippen LogP contribution is -2.29. The van der Waals surface area contributed by atoms with Crippen LogP contribution in [0.2, 0.25) is 0 Å². The highest BCUT2D eigenvalue weighted by Gasteiger charge is 2.33. The number of carbonyl (C=O) groups excluding carboxylic acids is 2. The van der Waals surface area contributed by atoms with Crippen molar-refractivity contribution in [2.24, 2.45) is 5.92 Å². The maximum atomic E-state index is 12.4. The Morgan fingerprint density at radius 1 is 1.31 bits per heavy atom. The number of Topliss-reactive ketones (excluding diaryl/α,β-unsaturated/α-hetero) is 1. The fourth-order valence-electron chi connectivity index (χ4n) is 2.24. The molecule has 26 heavy (non-hydrogen) atoms. The van der Waals surface area contributed by atoms with Crippen molar-refractivity contribution in [2.75, 3.05) is 13.2 Å². The van der Waals surface area contributed by atoms with E-state index in [0.717, 1.165) is 11.8 Å². The summed E-state index contributed by atoms with van der Waals surface area (Å²) >= 11 is 6.18. The summed E-state index contributed by atoms with van der Waals surface area (Å²) in [7, 11) is 0. The molecule has 0 radical (unpaired) electrons. The second-order valence-electron chi connectivity index (χ2n) is 5.34. The van der Waals surface area contributed by atoms with E-state index in [-0.39, 0.29) is 36.0 Å². The van der Waals surface area contributed by atoms with Gasteiger partial charge in [-0.3, -0.25) is 19.3 Å². The number of carboxylic acid groups (broad SMARTS) is 2. The molecule has 1 atom stereocenters. The number of thioether (sulfide) groups is 1. The molecule has 0 aromatic carbocycles. The fraction of sp³-hybridized carbons (Fsp3) is 0.312. The molecular formula is C16H15NO7S2. The van der Waals surface area contributed by atoms with E-state index in [0.29, 0.717) is 4.32 Å². The Balaban J connectivity index is 2.04. The van der Waals surface area contributed by atoms with Gasteiger partial charge in [0, 0.05) is 13.0 Å². The van der Waals surface area contributed by atoms with Crippen molar-refractivity contribution in [3.05, 3.63) is 35.0 Å². The standard InChI is InChI=1S/C16H15NO7S2/c18-12(19)5-2-6-17-15(23)11(26-16(17)25)7-9-3-1-4-10(14(9)22)24-8-13(20)21/h1,3-4,7,9H,2,5-6,8H2,(H,18,19)(H,20,21). The van der Waals surface area contributed by atoms with Crippen LogP contribution in [-0.2, 0) is 23.9 Å². The van der Waals surface area contributed by atoms with Gasteiger partial charge in [0.05, 0.1) is 10.8 Å². The SMILES string of the molecule is O=C(O)CCCN1C(=O)C(=CC2C=CC=C(OCC(=O)O)C2=O)SC1=S. The molecule has 1 fully saturated rings. The van der Waals surface area contributed by atoms with Gasteiger partial charge in [0.25, 0.3) is 5.91 Å². The van der Waals surface area contributed by atoms with E-state index in [1.165, 1.54) is 17.1 Å². The molecule has 0 bridgehead atoms. The molecule has 0 aromatic rings. The summed E-state index contributed by atoms with van der Waals surface area (Å²) in [6, 6.07) is 0. The summed E-state index contributed by atoms with van der Waals surface area (Å²) in [6.07, 6.45) is 6.13. The first-order valence-electron chi connectivity index (χ1n) is 7.54. The first kappa shape index (κ1) is 19.9. The fourth-order valence-corrected chi connectivity index (χ4v) is 3.57. The number of ketones is 1. The van der Waals surface area contributed by atoms with Gasteiger partial charge in [0.2, 0.25) is 5.78 Å². The minimum Gasteiger partial charge on any atom is -0.481 e. The molecule has 8 nitrogen and oxygen atoms in total. The lowest BCUT2D eigenvalue weighted by Gasteiger charge is -2.15. The van der Waals surface area contributed by atoms with Crippen molar-refractivity contribution in [1.82, 2.24) is 4.90 Å². The molecule has 1 unspecified atom stereocenters. The number of aliphatic carboxylic acids is 2. The van der Waals surface area contributed by atoms with Gasteiger partial charge in [-0.25, -0.2) is 4.79 Å². The molecule has 2 rings (SSSR count). The molecule has 1 amide bonds. The summed E-state index contributed by atoms with van der Waals surface area (Å²) < 4.78 is 5.25. The van der Waals surface area contributed by atoms with Crippen LogP contribution in [0.3, 0.4) is 0 Å². The Labute approximate surface area is 158 Å². The molecule has 1 aliphatic carbocycles. The lowest BCUT2D eigenvalue weighted by atomic mass is 9.97. The Hall–Kier alpha value is -2.46. The zero-order valence-corrected chi connectivity index (χ0v) is 15.0. The number of ether oxygens (including phenoxy) is 1. The Morgan fingerprint density at radius 2 is 2.04 bits per heavy atom. The predicted molar refractivity (Wildman–Crippen MR) is 96.2 cm³/mol. The van der Waals surface area contributed by atoms with E-state index >= 15 is 0 Å². The molecule has 0 saturated carbocycles. The monoisotopic (exact) mass is 397 g/mol. The van der Waals surface area contributed by atoms with E-state index in [1.807, 2.05) is 0 Å². The first-order valence-corrected chi connectivity index (χ1v) is 8.76. The van der Waals surface area contributed by atoms with Crippen molar-refractivity contribution in [3.63, 3.8) is 0 Å². The van der Waals surface area contributed by atoms with E-state index in [4.69, 9.17) is 27.2 Å². The quantitative estimate of drug-likeness (QED) is 0.461. The summed E-state index contributed by atoms with van der Waals surface area (Å²) in [5.74, 6) is -3.85. The van der Waals surface area contributed by atoms with E-state index in [9.17, 15) is 19.2 Å². The average Bonchev–Trinajstić information content (AvgIpc) is 2.82. The van der Waals surface area contributed by atoms with Crippen LogP contribution in [0.25, 0.3) is 0 Å². The van der Waals surface area contributed by atoms with Crippen LogP contribution in [0.4, 0.5) is 0 Å². The summed E-state index contributed by atoms with van der Waals surface area (Å²) in [5, 5.41) is 17.3. The van der Waals surface area contributed by atoms with E-state index in [1.54, 1.807) is 12.2 Å². The molecule has 0 spiro atoms. The van der Waals surface area contributed by atoms with Gasteiger partial charge in [-0.05, 0) is 12.5 Å². The van der Waals surface area contributed by atoms with Crippen LogP contribution < -0.4 is 0 Å².